The van der Waals surface area contributed by atoms with E-state index in [0.29, 0.717) is 18.0 Å². The first-order valence-corrected chi connectivity index (χ1v) is 9.74. The highest BCUT2D eigenvalue weighted by atomic mass is 32.2. The SMILES string of the molecule is Cc1cccc(S(=O)(=O)N2CC[C@@H](c3nc4ccncc4n3C)C2)c1. The van der Waals surface area contributed by atoms with Crippen LogP contribution in [0.25, 0.3) is 11.0 Å². The van der Waals surface area contributed by atoms with Gasteiger partial charge in [0, 0.05) is 32.3 Å². The number of benzene rings is 1. The average Bonchev–Trinajstić information content (AvgIpc) is 3.21. The van der Waals surface area contributed by atoms with Crippen LogP contribution in [0.4, 0.5) is 0 Å². The van der Waals surface area contributed by atoms with Gasteiger partial charge in [-0.05, 0) is 37.1 Å². The molecule has 2 aromatic heterocycles. The van der Waals surface area contributed by atoms with E-state index in [0.717, 1.165) is 28.8 Å². The predicted molar refractivity (Wildman–Crippen MR) is 95.8 cm³/mol. The van der Waals surface area contributed by atoms with Gasteiger partial charge in [0.05, 0.1) is 22.1 Å². The molecule has 1 aromatic carbocycles. The molecular formula is C18H20N4O2S. The molecular weight excluding hydrogens is 336 g/mol. The second kappa shape index (κ2) is 5.93. The van der Waals surface area contributed by atoms with Crippen LogP contribution in [0, 0.1) is 6.92 Å². The van der Waals surface area contributed by atoms with Crippen molar-refractivity contribution in [1.29, 1.82) is 0 Å². The number of pyridine rings is 1. The van der Waals surface area contributed by atoms with Gasteiger partial charge in [0.25, 0.3) is 0 Å². The Hall–Kier alpha value is -2.25. The first-order valence-electron chi connectivity index (χ1n) is 8.30. The Kier molecular flexibility index (Phi) is 3.85. The lowest BCUT2D eigenvalue weighted by Gasteiger charge is -2.17. The summed E-state index contributed by atoms with van der Waals surface area (Å²) in [5.74, 6) is 1.02. The van der Waals surface area contributed by atoms with Crippen molar-refractivity contribution in [2.24, 2.45) is 7.05 Å². The molecule has 0 bridgehead atoms. The molecule has 6 nitrogen and oxygen atoms in total. The van der Waals surface area contributed by atoms with Gasteiger partial charge >= 0.3 is 0 Å². The Morgan fingerprint density at radius 3 is 2.84 bits per heavy atom. The van der Waals surface area contributed by atoms with Gasteiger partial charge in [-0.1, -0.05) is 12.1 Å². The lowest BCUT2D eigenvalue weighted by atomic mass is 10.1. The summed E-state index contributed by atoms with van der Waals surface area (Å²) >= 11 is 0. The smallest absolute Gasteiger partial charge is 0.243 e. The van der Waals surface area contributed by atoms with Crippen molar-refractivity contribution in [2.75, 3.05) is 13.1 Å². The van der Waals surface area contributed by atoms with Gasteiger partial charge < -0.3 is 4.57 Å². The Morgan fingerprint density at radius 1 is 1.24 bits per heavy atom. The number of sulfonamides is 1. The van der Waals surface area contributed by atoms with Gasteiger partial charge in [0.15, 0.2) is 0 Å². The van der Waals surface area contributed by atoms with Gasteiger partial charge in [-0.25, -0.2) is 13.4 Å². The number of hydrogen-bond acceptors (Lipinski definition) is 4. The number of imidazole rings is 1. The second-order valence-electron chi connectivity index (χ2n) is 6.56. The number of rotatable bonds is 3. The Balaban J connectivity index is 1.63. The molecule has 0 amide bonds. The lowest BCUT2D eigenvalue weighted by Crippen LogP contribution is -2.29. The molecule has 0 N–H and O–H groups in total. The zero-order valence-corrected chi connectivity index (χ0v) is 15.1. The zero-order chi connectivity index (χ0) is 17.6. The van der Waals surface area contributed by atoms with Crippen molar-refractivity contribution in [3.05, 3.63) is 54.1 Å². The highest BCUT2D eigenvalue weighted by Gasteiger charge is 2.35. The summed E-state index contributed by atoms with van der Waals surface area (Å²) in [6.45, 7) is 2.88. The molecule has 130 valence electrons. The Morgan fingerprint density at radius 2 is 2.08 bits per heavy atom. The van der Waals surface area contributed by atoms with Crippen LogP contribution >= 0.6 is 0 Å². The summed E-state index contributed by atoms with van der Waals surface area (Å²) in [4.78, 5) is 9.21. The Bertz CT molecular complexity index is 1040. The van der Waals surface area contributed by atoms with E-state index in [2.05, 4.69) is 4.98 Å². The highest BCUT2D eigenvalue weighted by Crippen LogP contribution is 2.32. The molecule has 1 atom stereocenters. The maximum absolute atomic E-state index is 12.9. The molecule has 0 aliphatic carbocycles. The number of aromatic nitrogens is 3. The molecule has 3 aromatic rings. The third-order valence-corrected chi connectivity index (χ3v) is 6.72. The highest BCUT2D eigenvalue weighted by molar-refractivity contribution is 7.89. The third kappa shape index (κ3) is 2.73. The van der Waals surface area contributed by atoms with Gasteiger partial charge in [-0.2, -0.15) is 4.31 Å². The van der Waals surface area contributed by atoms with E-state index in [1.165, 1.54) is 0 Å². The van der Waals surface area contributed by atoms with E-state index in [1.54, 1.807) is 34.9 Å². The summed E-state index contributed by atoms with van der Waals surface area (Å²) < 4.78 is 29.4. The number of aryl methyl sites for hydroxylation is 2. The summed E-state index contributed by atoms with van der Waals surface area (Å²) in [6.07, 6.45) is 4.29. The topological polar surface area (TPSA) is 68.1 Å². The van der Waals surface area contributed by atoms with E-state index in [4.69, 9.17) is 4.98 Å². The normalized spacial score (nSPS) is 18.9. The van der Waals surface area contributed by atoms with Gasteiger partial charge in [0.1, 0.15) is 5.82 Å². The van der Waals surface area contributed by atoms with Crippen molar-refractivity contribution in [3.63, 3.8) is 0 Å². The van der Waals surface area contributed by atoms with Crippen molar-refractivity contribution in [2.45, 2.75) is 24.2 Å². The fourth-order valence-corrected chi connectivity index (χ4v) is 5.11. The molecule has 0 unspecified atom stereocenters. The van der Waals surface area contributed by atoms with Crippen LogP contribution in [0.1, 0.15) is 23.7 Å². The molecule has 0 saturated carbocycles. The molecule has 1 fully saturated rings. The lowest BCUT2D eigenvalue weighted by molar-refractivity contribution is 0.470. The first kappa shape index (κ1) is 16.2. The van der Waals surface area contributed by atoms with Crippen molar-refractivity contribution >= 4 is 21.1 Å². The molecule has 1 aliphatic heterocycles. The van der Waals surface area contributed by atoms with Crippen LogP contribution in [0.15, 0.2) is 47.6 Å². The fraction of sp³-hybridized carbons (Fsp3) is 0.333. The molecule has 25 heavy (non-hydrogen) atoms. The first-order chi connectivity index (χ1) is 12.0. The van der Waals surface area contributed by atoms with E-state index < -0.39 is 10.0 Å². The maximum atomic E-state index is 12.9. The summed E-state index contributed by atoms with van der Waals surface area (Å²) in [5, 5.41) is 0. The fourth-order valence-electron chi connectivity index (χ4n) is 3.50. The molecule has 3 heterocycles. The monoisotopic (exact) mass is 356 g/mol. The van der Waals surface area contributed by atoms with E-state index in [9.17, 15) is 8.42 Å². The largest absolute Gasteiger partial charge is 0.330 e. The third-order valence-electron chi connectivity index (χ3n) is 4.86. The summed E-state index contributed by atoms with van der Waals surface area (Å²) in [6, 6.07) is 8.96. The van der Waals surface area contributed by atoms with Crippen molar-refractivity contribution < 1.29 is 8.42 Å². The Labute approximate surface area is 147 Å². The summed E-state index contributed by atoms with van der Waals surface area (Å²) in [5.41, 5.74) is 2.81. The quantitative estimate of drug-likeness (QED) is 0.723. The maximum Gasteiger partial charge on any atom is 0.243 e. The van der Waals surface area contributed by atoms with Gasteiger partial charge in [-0.3, -0.25) is 4.98 Å². The van der Waals surface area contributed by atoms with Crippen LogP contribution in [0.5, 0.6) is 0 Å². The van der Waals surface area contributed by atoms with Crippen LogP contribution in [0.3, 0.4) is 0 Å². The molecule has 1 saturated heterocycles. The van der Waals surface area contributed by atoms with Crippen LogP contribution in [0.2, 0.25) is 0 Å². The molecule has 7 heteroatoms. The molecule has 0 spiro atoms. The summed E-state index contributed by atoms with van der Waals surface area (Å²) in [7, 11) is -1.50. The average molecular weight is 356 g/mol. The van der Waals surface area contributed by atoms with Crippen LogP contribution in [-0.2, 0) is 17.1 Å². The zero-order valence-electron chi connectivity index (χ0n) is 14.3. The van der Waals surface area contributed by atoms with E-state index >= 15 is 0 Å². The van der Waals surface area contributed by atoms with E-state index in [-0.39, 0.29) is 5.92 Å². The number of hydrogen-bond donors (Lipinski definition) is 0. The minimum Gasteiger partial charge on any atom is -0.330 e. The number of nitrogens with zero attached hydrogens (tertiary/aromatic N) is 4. The molecule has 1 aliphatic rings. The minimum atomic E-state index is -3.46. The van der Waals surface area contributed by atoms with Crippen LogP contribution < -0.4 is 0 Å². The van der Waals surface area contributed by atoms with Gasteiger partial charge in [0.2, 0.25) is 10.0 Å². The minimum absolute atomic E-state index is 0.0944. The molecule has 4 rings (SSSR count). The predicted octanol–water partition coefficient (Wildman–Crippen LogP) is 2.45. The van der Waals surface area contributed by atoms with Crippen molar-refractivity contribution in [1.82, 2.24) is 18.8 Å². The van der Waals surface area contributed by atoms with Crippen molar-refractivity contribution in [3.8, 4) is 0 Å². The second-order valence-corrected chi connectivity index (χ2v) is 8.50. The molecule has 0 radical (unpaired) electrons. The van der Waals surface area contributed by atoms with E-state index in [1.807, 2.05) is 30.7 Å². The standard InChI is InChI=1S/C18H20N4O2S/c1-13-4-3-5-15(10-13)25(23,24)22-9-7-14(12-22)18-20-16-6-8-19-11-17(16)21(18)2/h3-6,8,10-11,14H,7,9,12H2,1-2H3/t14-/m1/s1. The van der Waals surface area contributed by atoms with Gasteiger partial charge in [-0.15, -0.1) is 0 Å². The van der Waals surface area contributed by atoms with Crippen LogP contribution in [-0.4, -0.2) is 40.3 Å². The number of fused-ring (bicyclic) bond motifs is 1.